The molecule has 0 saturated carbocycles. The Morgan fingerprint density at radius 2 is 1.79 bits per heavy atom. The maximum Gasteiger partial charge on any atom is 0.345 e. The Bertz CT molecular complexity index is 899. The Hall–Kier alpha value is -3.62. The first-order valence-corrected chi connectivity index (χ1v) is 9.10. The van der Waals surface area contributed by atoms with E-state index in [0.717, 1.165) is 18.9 Å². The fourth-order valence-electron chi connectivity index (χ4n) is 2.82. The summed E-state index contributed by atoms with van der Waals surface area (Å²) in [6, 6.07) is 12.2. The van der Waals surface area contributed by atoms with Crippen molar-refractivity contribution in [2.24, 2.45) is 0 Å². The molecule has 1 aliphatic heterocycles. The molecular formula is C20H20N2O7. The molecule has 0 spiro atoms. The summed E-state index contributed by atoms with van der Waals surface area (Å²) < 4.78 is 15.6. The Kier molecular flexibility index (Phi) is 6.62. The summed E-state index contributed by atoms with van der Waals surface area (Å²) in [5, 5.41) is 13.9. The highest BCUT2D eigenvalue weighted by molar-refractivity contribution is 5.96. The summed E-state index contributed by atoms with van der Waals surface area (Å²) >= 11 is 0. The zero-order valence-electron chi connectivity index (χ0n) is 15.6. The van der Waals surface area contributed by atoms with Gasteiger partial charge in [0.1, 0.15) is 18.8 Å². The highest BCUT2D eigenvalue weighted by Crippen LogP contribution is 2.36. The molecule has 1 heterocycles. The minimum absolute atomic E-state index is 0.190. The molecule has 0 aliphatic carbocycles. The lowest BCUT2D eigenvalue weighted by Crippen LogP contribution is -2.30. The number of ether oxygens (including phenoxy) is 3. The molecule has 9 nitrogen and oxygen atoms in total. The average molecular weight is 400 g/mol. The van der Waals surface area contributed by atoms with Gasteiger partial charge in [-0.25, -0.2) is 4.79 Å². The van der Waals surface area contributed by atoms with Crippen LogP contribution in [0.3, 0.4) is 0 Å². The van der Waals surface area contributed by atoms with E-state index in [0.29, 0.717) is 6.54 Å². The summed E-state index contributed by atoms with van der Waals surface area (Å²) in [5.74, 6) is -1.05. The number of esters is 1. The van der Waals surface area contributed by atoms with Crippen molar-refractivity contribution in [3.8, 4) is 11.5 Å². The topological polar surface area (TPSA) is 117 Å². The maximum absolute atomic E-state index is 12.3. The van der Waals surface area contributed by atoms with Crippen LogP contribution in [0.5, 0.6) is 11.5 Å². The number of fused-ring (bicyclic) bond motifs is 1. The van der Waals surface area contributed by atoms with Gasteiger partial charge in [-0.2, -0.15) is 0 Å². The average Bonchev–Trinajstić information content (AvgIpc) is 2.74. The minimum atomic E-state index is -0.979. The van der Waals surface area contributed by atoms with Crippen LogP contribution < -0.4 is 14.8 Å². The van der Waals surface area contributed by atoms with Gasteiger partial charge in [-0.3, -0.25) is 14.9 Å². The van der Waals surface area contributed by atoms with E-state index in [1.165, 1.54) is 11.6 Å². The lowest BCUT2D eigenvalue weighted by Gasteiger charge is -2.18. The molecule has 0 atom stereocenters. The maximum atomic E-state index is 12.3. The van der Waals surface area contributed by atoms with Gasteiger partial charge in [-0.05, 0) is 18.4 Å². The van der Waals surface area contributed by atoms with Crippen molar-refractivity contribution in [1.82, 2.24) is 5.32 Å². The number of aryl methyl sites for hydroxylation is 1. The van der Waals surface area contributed by atoms with Crippen LogP contribution in [-0.2, 0) is 16.0 Å². The van der Waals surface area contributed by atoms with E-state index in [4.69, 9.17) is 14.2 Å². The molecule has 3 rings (SSSR count). The minimum Gasteiger partial charge on any atom is -0.486 e. The lowest BCUT2D eigenvalue weighted by molar-refractivity contribution is -0.385. The quantitative estimate of drug-likeness (QED) is 0.313. The van der Waals surface area contributed by atoms with Crippen molar-refractivity contribution in [2.75, 3.05) is 26.4 Å². The van der Waals surface area contributed by atoms with Gasteiger partial charge in [-0.15, -0.1) is 0 Å². The number of nitro groups is 1. The molecule has 0 saturated heterocycles. The van der Waals surface area contributed by atoms with E-state index in [9.17, 15) is 19.7 Å². The van der Waals surface area contributed by atoms with Crippen LogP contribution in [0.15, 0.2) is 42.5 Å². The van der Waals surface area contributed by atoms with Crippen LogP contribution >= 0.6 is 0 Å². The molecule has 29 heavy (non-hydrogen) atoms. The number of carbonyl (C=O) groups excluding carboxylic acids is 2. The zero-order chi connectivity index (χ0) is 20.6. The van der Waals surface area contributed by atoms with Crippen LogP contribution in [-0.4, -0.2) is 43.2 Å². The number of benzene rings is 2. The third-order valence-corrected chi connectivity index (χ3v) is 4.22. The predicted octanol–water partition coefficient (Wildman–Crippen LogP) is 2.27. The summed E-state index contributed by atoms with van der Waals surface area (Å²) in [4.78, 5) is 34.7. The van der Waals surface area contributed by atoms with Gasteiger partial charge in [-0.1, -0.05) is 30.3 Å². The predicted molar refractivity (Wildman–Crippen MR) is 102 cm³/mol. The first-order valence-electron chi connectivity index (χ1n) is 9.10. The highest BCUT2D eigenvalue weighted by atomic mass is 16.6. The van der Waals surface area contributed by atoms with Crippen molar-refractivity contribution >= 4 is 17.6 Å². The van der Waals surface area contributed by atoms with Gasteiger partial charge < -0.3 is 19.5 Å². The van der Waals surface area contributed by atoms with Crippen LogP contribution in [0.2, 0.25) is 0 Å². The number of nitro benzene ring substituents is 1. The lowest BCUT2D eigenvalue weighted by atomic mass is 10.1. The molecule has 0 unspecified atom stereocenters. The third-order valence-electron chi connectivity index (χ3n) is 4.22. The van der Waals surface area contributed by atoms with E-state index in [2.05, 4.69) is 5.32 Å². The first kappa shape index (κ1) is 20.1. The Labute approximate surface area is 166 Å². The van der Waals surface area contributed by atoms with E-state index in [-0.39, 0.29) is 30.3 Å². The van der Waals surface area contributed by atoms with Crippen LogP contribution in [0.1, 0.15) is 22.3 Å². The third kappa shape index (κ3) is 5.44. The molecule has 152 valence electrons. The molecular weight excluding hydrogens is 380 g/mol. The fraction of sp³-hybridized carbons (Fsp3) is 0.300. The van der Waals surface area contributed by atoms with Crippen molar-refractivity contribution in [3.63, 3.8) is 0 Å². The van der Waals surface area contributed by atoms with E-state index < -0.39 is 29.1 Å². The standard InChI is InChI=1S/C20H20N2O7/c23-19(21-8-4-7-14-5-2-1-3-6-14)13-29-20(24)15-11-17-18(28-10-9-27-17)12-16(15)22(25)26/h1-3,5-6,11-12H,4,7-10,13H2,(H,21,23). The van der Waals surface area contributed by atoms with Crippen LogP contribution in [0.4, 0.5) is 5.69 Å². The Morgan fingerprint density at radius 1 is 1.10 bits per heavy atom. The molecule has 1 aliphatic rings. The Morgan fingerprint density at radius 3 is 2.48 bits per heavy atom. The van der Waals surface area contributed by atoms with E-state index >= 15 is 0 Å². The molecule has 0 bridgehead atoms. The van der Waals surface area contributed by atoms with Crippen molar-refractivity contribution < 1.29 is 28.7 Å². The van der Waals surface area contributed by atoms with Crippen molar-refractivity contribution in [2.45, 2.75) is 12.8 Å². The van der Waals surface area contributed by atoms with E-state index in [1.54, 1.807) is 0 Å². The van der Waals surface area contributed by atoms with Crippen molar-refractivity contribution in [3.05, 3.63) is 63.7 Å². The fourth-order valence-corrected chi connectivity index (χ4v) is 2.82. The summed E-state index contributed by atoms with van der Waals surface area (Å²) in [7, 11) is 0. The normalized spacial score (nSPS) is 12.1. The van der Waals surface area contributed by atoms with Gasteiger partial charge in [0.2, 0.25) is 0 Å². The Balaban J connectivity index is 1.51. The number of hydrogen-bond donors (Lipinski definition) is 1. The van der Waals surface area contributed by atoms with Gasteiger partial charge in [0.05, 0.1) is 11.0 Å². The zero-order valence-corrected chi connectivity index (χ0v) is 15.6. The molecule has 1 N–H and O–H groups in total. The first-order chi connectivity index (χ1) is 14.0. The number of amides is 1. The number of hydrogen-bond acceptors (Lipinski definition) is 7. The molecule has 0 fully saturated rings. The molecule has 1 amide bonds. The summed E-state index contributed by atoms with van der Waals surface area (Å²) in [6.07, 6.45) is 1.54. The molecule has 0 aromatic heterocycles. The SMILES string of the molecule is O=C(COC(=O)c1cc2c(cc1[N+](=O)[O-])OCCO2)NCCCc1ccccc1. The van der Waals surface area contributed by atoms with Gasteiger partial charge in [0.15, 0.2) is 18.1 Å². The van der Waals surface area contributed by atoms with Gasteiger partial charge in [0, 0.05) is 12.6 Å². The smallest absolute Gasteiger partial charge is 0.345 e. The molecule has 9 heteroatoms. The number of nitrogens with zero attached hydrogens (tertiary/aromatic N) is 1. The van der Waals surface area contributed by atoms with E-state index in [1.807, 2.05) is 30.3 Å². The van der Waals surface area contributed by atoms with Crippen LogP contribution in [0.25, 0.3) is 0 Å². The molecule has 2 aromatic carbocycles. The molecule has 2 aromatic rings. The van der Waals surface area contributed by atoms with Crippen LogP contribution in [0, 0.1) is 10.1 Å². The monoisotopic (exact) mass is 400 g/mol. The second-order valence-corrected chi connectivity index (χ2v) is 6.29. The second-order valence-electron chi connectivity index (χ2n) is 6.29. The molecule has 0 radical (unpaired) electrons. The largest absolute Gasteiger partial charge is 0.486 e. The second kappa shape index (κ2) is 9.54. The number of rotatable bonds is 8. The highest BCUT2D eigenvalue weighted by Gasteiger charge is 2.27. The number of carbonyl (C=O) groups is 2. The van der Waals surface area contributed by atoms with Gasteiger partial charge >= 0.3 is 5.97 Å². The van der Waals surface area contributed by atoms with Crippen molar-refractivity contribution in [1.29, 1.82) is 0 Å². The summed E-state index contributed by atoms with van der Waals surface area (Å²) in [6.45, 7) is 0.425. The summed E-state index contributed by atoms with van der Waals surface area (Å²) in [5.41, 5.74) is 0.401. The van der Waals surface area contributed by atoms with Gasteiger partial charge in [0.25, 0.3) is 11.6 Å². The number of nitrogens with one attached hydrogen (secondary N) is 1.